The molecule has 0 fully saturated rings. The number of hydrazine groups is 2. The van der Waals surface area contributed by atoms with E-state index in [0.29, 0.717) is 0 Å². The quantitative estimate of drug-likeness (QED) is 0.188. The van der Waals surface area contributed by atoms with E-state index in [2.05, 4.69) is 11.6 Å². The molecule has 52 valence electrons. The van der Waals surface area contributed by atoms with Gasteiger partial charge in [0.15, 0.2) is 5.03 Å². The summed E-state index contributed by atoms with van der Waals surface area (Å²) in [5, 5.41) is 14.5. The number of amides is 1. The van der Waals surface area contributed by atoms with Gasteiger partial charge in [-0.15, -0.1) is 0 Å². The van der Waals surface area contributed by atoms with E-state index in [9.17, 15) is 14.9 Å². The summed E-state index contributed by atoms with van der Waals surface area (Å²) in [4.78, 5) is 19.1. The van der Waals surface area contributed by atoms with E-state index in [1.54, 1.807) is 0 Å². The second kappa shape index (κ2) is 3.05. The van der Waals surface area contributed by atoms with Gasteiger partial charge in [-0.25, -0.2) is 10.1 Å². The van der Waals surface area contributed by atoms with Crippen LogP contribution in [0.4, 0.5) is 4.79 Å². The molecule has 0 bridgehead atoms. The summed E-state index contributed by atoms with van der Waals surface area (Å²) in [6.07, 6.45) is 0. The van der Waals surface area contributed by atoms with Crippen LogP contribution in [0.3, 0.4) is 0 Å². The van der Waals surface area contributed by atoms with Gasteiger partial charge in [0.1, 0.15) is 0 Å². The standard InChI is InChI=1S/CH2ClN3O4/c2-1(6)4(7)3-5(8)9/h3,7H. The van der Waals surface area contributed by atoms with Crippen LogP contribution in [0.25, 0.3) is 0 Å². The Kier molecular flexibility index (Phi) is 2.68. The van der Waals surface area contributed by atoms with E-state index >= 15 is 0 Å². The van der Waals surface area contributed by atoms with Crippen molar-refractivity contribution in [1.82, 2.24) is 10.7 Å². The number of nitro groups is 1. The lowest BCUT2D eigenvalue weighted by Crippen LogP contribution is -2.40. The van der Waals surface area contributed by atoms with Crippen molar-refractivity contribution in [2.75, 3.05) is 0 Å². The van der Waals surface area contributed by atoms with Crippen LogP contribution in [-0.4, -0.2) is 20.8 Å². The number of rotatable bonds is 2. The Morgan fingerprint density at radius 3 is 2.44 bits per heavy atom. The molecule has 1 amide bonds. The number of hydroxylamine groups is 1. The monoisotopic (exact) mass is 155 g/mol. The molecule has 0 spiro atoms. The molecule has 0 aliphatic heterocycles. The molecule has 0 radical (unpaired) electrons. The van der Waals surface area contributed by atoms with E-state index in [1.165, 1.54) is 0 Å². The summed E-state index contributed by atoms with van der Waals surface area (Å²) in [6.45, 7) is 0. The van der Waals surface area contributed by atoms with Gasteiger partial charge in [-0.05, 0) is 17.1 Å². The number of halogens is 1. The highest BCUT2D eigenvalue weighted by atomic mass is 35.5. The van der Waals surface area contributed by atoms with Crippen LogP contribution in [0, 0.1) is 10.1 Å². The highest BCUT2D eigenvalue weighted by Gasteiger charge is 2.10. The smallest absolute Gasteiger partial charge is 0.261 e. The fourth-order valence-corrected chi connectivity index (χ4v) is 0.154. The first-order chi connectivity index (χ1) is 4.04. The maximum Gasteiger partial charge on any atom is 0.364 e. The van der Waals surface area contributed by atoms with Gasteiger partial charge < -0.3 is 0 Å². The molecule has 0 rings (SSSR count). The van der Waals surface area contributed by atoms with Crippen molar-refractivity contribution in [2.24, 2.45) is 0 Å². The molecular weight excluding hydrogens is 153 g/mol. The van der Waals surface area contributed by atoms with Crippen LogP contribution in [0.1, 0.15) is 0 Å². The van der Waals surface area contributed by atoms with Crippen LogP contribution < -0.4 is 5.53 Å². The van der Waals surface area contributed by atoms with Crippen LogP contribution in [-0.2, 0) is 0 Å². The van der Waals surface area contributed by atoms with E-state index in [1.807, 2.05) is 0 Å². The lowest BCUT2D eigenvalue weighted by atomic mass is 11.4. The molecule has 0 unspecified atom stereocenters. The zero-order chi connectivity index (χ0) is 7.44. The number of carbonyl (C=O) groups excluding carboxylic acids is 1. The summed E-state index contributed by atoms with van der Waals surface area (Å²) in [7, 11) is 0. The molecule has 9 heavy (non-hydrogen) atoms. The zero-order valence-electron chi connectivity index (χ0n) is 3.94. The Hall–Kier alpha value is -1.08. The molecule has 0 aliphatic rings. The average Bonchev–Trinajstić information content (AvgIpc) is 1.63. The third-order valence-electron chi connectivity index (χ3n) is 0.343. The minimum absolute atomic E-state index is 0.457. The Bertz CT molecular complexity index is 136. The zero-order valence-corrected chi connectivity index (χ0v) is 4.70. The van der Waals surface area contributed by atoms with Crippen LogP contribution in [0.2, 0.25) is 0 Å². The predicted molar refractivity (Wildman–Crippen MR) is 25.0 cm³/mol. The highest BCUT2D eigenvalue weighted by molar-refractivity contribution is 6.62. The molecule has 8 heteroatoms. The molecule has 0 saturated heterocycles. The Morgan fingerprint density at radius 1 is 1.89 bits per heavy atom. The number of hydrogen-bond acceptors (Lipinski definition) is 4. The van der Waals surface area contributed by atoms with Gasteiger partial charge in [0.25, 0.3) is 0 Å². The second-order valence-corrected chi connectivity index (χ2v) is 1.25. The van der Waals surface area contributed by atoms with E-state index in [0.717, 1.165) is 5.53 Å². The minimum Gasteiger partial charge on any atom is -0.261 e. The van der Waals surface area contributed by atoms with Gasteiger partial charge in [-0.3, -0.25) is 10.0 Å². The van der Waals surface area contributed by atoms with Gasteiger partial charge in [0, 0.05) is 0 Å². The maximum absolute atomic E-state index is 9.75. The summed E-state index contributed by atoms with van der Waals surface area (Å²) in [6, 6.07) is 0. The highest BCUT2D eigenvalue weighted by Crippen LogP contribution is 1.84. The van der Waals surface area contributed by atoms with Crippen molar-refractivity contribution in [2.45, 2.75) is 0 Å². The number of nitrogens with one attached hydrogen (secondary N) is 1. The fraction of sp³-hybridized carbons (Fsp3) is 0. The molecule has 0 heterocycles. The van der Waals surface area contributed by atoms with Crippen molar-refractivity contribution >= 4 is 17.0 Å². The Balaban J connectivity index is 3.63. The molecule has 2 N–H and O–H groups in total. The van der Waals surface area contributed by atoms with Crippen LogP contribution in [0.5, 0.6) is 0 Å². The largest absolute Gasteiger partial charge is 0.364 e. The first kappa shape index (κ1) is 7.92. The molecule has 0 aromatic heterocycles. The average molecular weight is 155 g/mol. The topological polar surface area (TPSA) is 95.7 Å². The third kappa shape index (κ3) is 3.50. The summed E-state index contributed by atoms with van der Waals surface area (Å²) in [5.74, 6) is 0. The summed E-state index contributed by atoms with van der Waals surface area (Å²) < 4.78 is 0. The van der Waals surface area contributed by atoms with Gasteiger partial charge in [0.05, 0.1) is 0 Å². The van der Waals surface area contributed by atoms with E-state index in [-0.39, 0.29) is 0 Å². The van der Waals surface area contributed by atoms with Crippen molar-refractivity contribution in [3.05, 3.63) is 10.1 Å². The van der Waals surface area contributed by atoms with E-state index in [4.69, 9.17) is 5.21 Å². The molecule has 0 aromatic rings. The number of carbonyl (C=O) groups is 1. The summed E-state index contributed by atoms with van der Waals surface area (Å²) >= 11 is 4.54. The van der Waals surface area contributed by atoms with Gasteiger partial charge in [-0.1, -0.05) is 5.17 Å². The first-order valence-corrected chi connectivity index (χ1v) is 2.01. The van der Waals surface area contributed by atoms with Crippen molar-refractivity contribution in [1.29, 1.82) is 0 Å². The van der Waals surface area contributed by atoms with Gasteiger partial charge in [-0.2, -0.15) is 0 Å². The van der Waals surface area contributed by atoms with Crippen LogP contribution in [0.15, 0.2) is 0 Å². The van der Waals surface area contributed by atoms with Crippen molar-refractivity contribution < 1.29 is 15.0 Å². The predicted octanol–water partition coefficient (Wildman–Crippen LogP) is -0.267. The van der Waals surface area contributed by atoms with Crippen molar-refractivity contribution in [3.63, 3.8) is 0 Å². The minimum atomic E-state index is -1.38. The molecule has 0 atom stereocenters. The third-order valence-corrected chi connectivity index (χ3v) is 0.503. The lowest BCUT2D eigenvalue weighted by molar-refractivity contribution is -0.592. The Labute approximate surface area is 53.9 Å². The van der Waals surface area contributed by atoms with Gasteiger partial charge >= 0.3 is 5.37 Å². The van der Waals surface area contributed by atoms with Crippen molar-refractivity contribution in [3.8, 4) is 0 Å². The molecule has 0 aliphatic carbocycles. The molecule has 0 aromatic carbocycles. The van der Waals surface area contributed by atoms with E-state index < -0.39 is 15.6 Å². The fourth-order valence-electron chi connectivity index (χ4n) is 0.117. The van der Waals surface area contributed by atoms with Gasteiger partial charge in [0.2, 0.25) is 0 Å². The number of hydrogen-bond donors (Lipinski definition) is 2. The van der Waals surface area contributed by atoms with Crippen LogP contribution >= 0.6 is 11.6 Å². The lowest BCUT2D eigenvalue weighted by Gasteiger charge is -2.02. The SMILES string of the molecule is O=C(Cl)N(O)N[N+](=O)[O-]. The summed E-state index contributed by atoms with van der Waals surface area (Å²) in [5.41, 5.74) is 1.07. The Morgan fingerprint density at radius 2 is 2.33 bits per heavy atom. The maximum atomic E-state index is 9.75. The normalized spacial score (nSPS) is 8.22. The molecular formula is CH2ClN3O4. The molecule has 7 nitrogen and oxygen atoms in total. The molecule has 0 saturated carbocycles. The second-order valence-electron chi connectivity index (χ2n) is 0.922. The number of nitrogens with zero attached hydrogens (tertiary/aromatic N) is 2. The first-order valence-electron chi connectivity index (χ1n) is 1.63.